The van der Waals surface area contributed by atoms with Gasteiger partial charge in [0.15, 0.2) is 0 Å². The average molecular weight is 368 g/mol. The molecule has 0 aliphatic rings. The molecule has 0 aliphatic heterocycles. The standard InChI is InChI=1S/C15H24N6O5/c1-8(2)13(21-11(22)4-16)15(26)20-10(3-9-5-17-7-19-9)14(25)18-6-12(23)24/h5,7-8,10,13H,3-4,6,16H2,1-2H3,(H,17,19)(H,18,25)(H,20,26)(H,21,22)(H,23,24)/t10-,13-/m0/s1. The fourth-order valence-corrected chi connectivity index (χ4v) is 2.14. The van der Waals surface area contributed by atoms with Gasteiger partial charge in [-0.2, -0.15) is 0 Å². The summed E-state index contributed by atoms with van der Waals surface area (Å²) in [4.78, 5) is 53.6. The van der Waals surface area contributed by atoms with Crippen molar-refractivity contribution in [3.05, 3.63) is 18.2 Å². The number of nitrogens with zero attached hydrogens (tertiary/aromatic N) is 1. The summed E-state index contributed by atoms with van der Waals surface area (Å²) in [7, 11) is 0. The number of amides is 3. The van der Waals surface area contributed by atoms with Crippen LogP contribution >= 0.6 is 0 Å². The first-order chi connectivity index (χ1) is 12.2. The number of nitrogens with one attached hydrogen (secondary N) is 4. The number of carboxylic acids is 1. The molecule has 1 heterocycles. The van der Waals surface area contributed by atoms with Crippen LogP contribution in [0.1, 0.15) is 19.5 Å². The van der Waals surface area contributed by atoms with Crippen LogP contribution in [-0.2, 0) is 25.6 Å². The molecule has 0 aliphatic carbocycles. The van der Waals surface area contributed by atoms with Gasteiger partial charge in [0.2, 0.25) is 17.7 Å². The Kier molecular flexibility index (Phi) is 8.22. The number of H-pyrrole nitrogens is 1. The highest BCUT2D eigenvalue weighted by Gasteiger charge is 2.29. The molecule has 11 nitrogen and oxygen atoms in total. The molecule has 0 fully saturated rings. The van der Waals surface area contributed by atoms with Crippen LogP contribution in [0.25, 0.3) is 0 Å². The highest BCUT2D eigenvalue weighted by atomic mass is 16.4. The van der Waals surface area contributed by atoms with Crippen molar-refractivity contribution >= 4 is 23.7 Å². The van der Waals surface area contributed by atoms with E-state index in [2.05, 4.69) is 25.9 Å². The molecule has 11 heteroatoms. The number of imidazole rings is 1. The van der Waals surface area contributed by atoms with Gasteiger partial charge in [-0.25, -0.2) is 4.98 Å². The smallest absolute Gasteiger partial charge is 0.322 e. The molecule has 26 heavy (non-hydrogen) atoms. The topological polar surface area (TPSA) is 179 Å². The lowest BCUT2D eigenvalue weighted by molar-refractivity contribution is -0.138. The number of rotatable bonds is 10. The Bertz CT molecular complexity index is 630. The van der Waals surface area contributed by atoms with Gasteiger partial charge >= 0.3 is 5.97 Å². The minimum Gasteiger partial charge on any atom is -0.480 e. The van der Waals surface area contributed by atoms with Gasteiger partial charge in [-0.15, -0.1) is 0 Å². The molecule has 1 aromatic heterocycles. The Morgan fingerprint density at radius 1 is 1.23 bits per heavy atom. The highest BCUT2D eigenvalue weighted by Crippen LogP contribution is 2.05. The first-order valence-electron chi connectivity index (χ1n) is 8.01. The predicted octanol–water partition coefficient (Wildman–Crippen LogP) is -2.26. The van der Waals surface area contributed by atoms with Crippen molar-refractivity contribution < 1.29 is 24.3 Å². The zero-order valence-electron chi connectivity index (χ0n) is 14.6. The van der Waals surface area contributed by atoms with Crippen molar-refractivity contribution in [1.82, 2.24) is 25.9 Å². The number of aromatic nitrogens is 2. The van der Waals surface area contributed by atoms with E-state index >= 15 is 0 Å². The second-order valence-electron chi connectivity index (χ2n) is 5.95. The van der Waals surface area contributed by atoms with Crippen molar-refractivity contribution in [2.24, 2.45) is 11.7 Å². The molecule has 0 saturated heterocycles. The first-order valence-corrected chi connectivity index (χ1v) is 8.01. The molecule has 0 saturated carbocycles. The van der Waals surface area contributed by atoms with E-state index in [-0.39, 0.29) is 18.9 Å². The van der Waals surface area contributed by atoms with Gasteiger partial charge in [-0.05, 0) is 5.92 Å². The van der Waals surface area contributed by atoms with Crippen LogP contribution in [0.5, 0.6) is 0 Å². The van der Waals surface area contributed by atoms with Crippen LogP contribution in [0.2, 0.25) is 0 Å². The maximum atomic E-state index is 12.5. The molecule has 0 radical (unpaired) electrons. The van der Waals surface area contributed by atoms with E-state index in [1.54, 1.807) is 13.8 Å². The zero-order chi connectivity index (χ0) is 19.7. The summed E-state index contributed by atoms with van der Waals surface area (Å²) in [6.45, 7) is 2.61. The Hall–Kier alpha value is -2.95. The lowest BCUT2D eigenvalue weighted by atomic mass is 10.0. The molecule has 1 rings (SSSR count). The minimum atomic E-state index is -1.21. The summed E-state index contributed by atoms with van der Waals surface area (Å²) in [5.74, 6) is -3.19. The van der Waals surface area contributed by atoms with Crippen molar-refractivity contribution in [2.75, 3.05) is 13.1 Å². The largest absolute Gasteiger partial charge is 0.480 e. The van der Waals surface area contributed by atoms with Gasteiger partial charge < -0.3 is 31.8 Å². The van der Waals surface area contributed by atoms with Crippen molar-refractivity contribution in [2.45, 2.75) is 32.4 Å². The Labute approximate surface area is 150 Å². The number of carbonyl (C=O) groups is 4. The molecular formula is C15H24N6O5. The number of hydrogen-bond donors (Lipinski definition) is 6. The third-order valence-electron chi connectivity index (χ3n) is 3.48. The summed E-state index contributed by atoms with van der Waals surface area (Å²) in [5, 5.41) is 16.0. The van der Waals surface area contributed by atoms with E-state index in [1.165, 1.54) is 12.5 Å². The van der Waals surface area contributed by atoms with Crippen LogP contribution in [0.3, 0.4) is 0 Å². The van der Waals surface area contributed by atoms with Gasteiger partial charge in [-0.1, -0.05) is 13.8 Å². The number of aromatic amines is 1. The number of nitrogens with two attached hydrogens (primary N) is 1. The monoisotopic (exact) mass is 368 g/mol. The lowest BCUT2D eigenvalue weighted by Crippen LogP contribution is -2.56. The van der Waals surface area contributed by atoms with E-state index in [1.807, 2.05) is 0 Å². The van der Waals surface area contributed by atoms with Gasteiger partial charge in [0, 0.05) is 18.3 Å². The molecule has 0 bridgehead atoms. The number of hydrogen-bond acceptors (Lipinski definition) is 6. The summed E-state index contributed by atoms with van der Waals surface area (Å²) in [6, 6.07) is -1.93. The van der Waals surface area contributed by atoms with E-state index in [4.69, 9.17) is 10.8 Å². The van der Waals surface area contributed by atoms with E-state index < -0.39 is 42.3 Å². The van der Waals surface area contributed by atoms with E-state index in [0.29, 0.717) is 5.69 Å². The first kappa shape index (κ1) is 21.1. The third-order valence-corrected chi connectivity index (χ3v) is 3.48. The summed E-state index contributed by atoms with van der Waals surface area (Å²) in [6.07, 6.45) is 2.98. The average Bonchev–Trinajstić information content (AvgIpc) is 3.09. The maximum Gasteiger partial charge on any atom is 0.322 e. The van der Waals surface area contributed by atoms with Gasteiger partial charge in [-0.3, -0.25) is 19.2 Å². The second kappa shape index (κ2) is 10.1. The summed E-state index contributed by atoms with van der Waals surface area (Å²) in [5.41, 5.74) is 5.83. The van der Waals surface area contributed by atoms with E-state index in [0.717, 1.165) is 0 Å². The zero-order valence-corrected chi connectivity index (χ0v) is 14.6. The molecule has 1 aromatic rings. The van der Waals surface area contributed by atoms with Gasteiger partial charge in [0.05, 0.1) is 12.9 Å². The number of carbonyl (C=O) groups excluding carboxylic acids is 3. The molecule has 3 amide bonds. The minimum absolute atomic E-state index is 0.0762. The van der Waals surface area contributed by atoms with Crippen LogP contribution in [0.4, 0.5) is 0 Å². The fraction of sp³-hybridized carbons (Fsp3) is 0.533. The second-order valence-corrected chi connectivity index (χ2v) is 5.95. The van der Waals surface area contributed by atoms with Crippen LogP contribution in [0, 0.1) is 5.92 Å². The molecule has 0 spiro atoms. The maximum absolute atomic E-state index is 12.5. The van der Waals surface area contributed by atoms with Crippen LogP contribution in [0.15, 0.2) is 12.5 Å². The molecular weight excluding hydrogens is 344 g/mol. The molecule has 144 valence electrons. The normalized spacial score (nSPS) is 12.9. The van der Waals surface area contributed by atoms with Gasteiger partial charge in [0.25, 0.3) is 0 Å². The Morgan fingerprint density at radius 3 is 2.42 bits per heavy atom. The van der Waals surface area contributed by atoms with Gasteiger partial charge in [0.1, 0.15) is 18.6 Å². The SMILES string of the molecule is CC(C)[C@H](NC(=O)CN)C(=O)N[C@@H](Cc1cnc[nH]1)C(=O)NCC(=O)O. The Morgan fingerprint density at radius 2 is 1.92 bits per heavy atom. The van der Waals surface area contributed by atoms with Crippen molar-refractivity contribution in [3.63, 3.8) is 0 Å². The lowest BCUT2D eigenvalue weighted by Gasteiger charge is -2.24. The molecule has 0 unspecified atom stereocenters. The third kappa shape index (κ3) is 6.89. The predicted molar refractivity (Wildman–Crippen MR) is 90.7 cm³/mol. The quantitative estimate of drug-likeness (QED) is 0.269. The summed E-state index contributed by atoms with van der Waals surface area (Å²) < 4.78 is 0. The summed E-state index contributed by atoms with van der Waals surface area (Å²) >= 11 is 0. The molecule has 2 atom stereocenters. The van der Waals surface area contributed by atoms with Crippen molar-refractivity contribution in [3.8, 4) is 0 Å². The number of carboxylic acid groups (broad SMARTS) is 1. The van der Waals surface area contributed by atoms with Crippen LogP contribution < -0.4 is 21.7 Å². The number of aliphatic carboxylic acids is 1. The molecule has 7 N–H and O–H groups in total. The molecule has 0 aromatic carbocycles. The fourth-order valence-electron chi connectivity index (χ4n) is 2.14. The van der Waals surface area contributed by atoms with Crippen molar-refractivity contribution in [1.29, 1.82) is 0 Å². The highest BCUT2D eigenvalue weighted by molar-refractivity contribution is 5.93. The van der Waals surface area contributed by atoms with Crippen LogP contribution in [-0.4, -0.2) is 63.9 Å². The van der Waals surface area contributed by atoms with E-state index in [9.17, 15) is 19.2 Å². The Balaban J connectivity index is 2.87.